The normalized spacial score (nSPS) is 13.3. The van der Waals surface area contributed by atoms with Crippen molar-refractivity contribution in [3.05, 3.63) is 253 Å². The van der Waals surface area contributed by atoms with Crippen molar-refractivity contribution in [1.82, 2.24) is 60.2 Å². The monoisotopic (exact) mass is 1760 g/mol. The molecule has 0 amide bonds. The number of hydrogen-bond acceptors (Lipinski definition) is 17. The van der Waals surface area contributed by atoms with Crippen molar-refractivity contribution < 1.29 is 59.0 Å². The van der Waals surface area contributed by atoms with E-state index in [1.807, 2.05) is 58.5 Å². The van der Waals surface area contributed by atoms with Gasteiger partial charge in [0.05, 0.1) is 47.3 Å². The number of halogens is 14. The van der Waals surface area contributed by atoms with Crippen LogP contribution in [0.25, 0.3) is 60.2 Å². The maximum Gasteiger partial charge on any atom is 0.395 e. The van der Waals surface area contributed by atoms with Crippen LogP contribution in [0.1, 0.15) is 69.0 Å². The minimum absolute atomic E-state index is 0.0416. The molecule has 0 radical (unpaired) electrons. The zero-order valence-electron chi connectivity index (χ0n) is 56.6. The van der Waals surface area contributed by atoms with Gasteiger partial charge in [0, 0.05) is 105 Å². The number of benzene rings is 5. The van der Waals surface area contributed by atoms with Crippen LogP contribution in [0, 0.1) is 9.49 Å². The predicted molar refractivity (Wildman–Crippen MR) is 409 cm³/mol. The van der Waals surface area contributed by atoms with E-state index in [1.165, 1.54) is 115 Å². The summed E-state index contributed by atoms with van der Waals surface area (Å²) in [7, 11) is 2.08. The molecule has 8 aromatic heterocycles. The van der Waals surface area contributed by atoms with Crippen LogP contribution in [0.3, 0.4) is 0 Å². The molecule has 2 atom stereocenters. The molecule has 1 saturated carbocycles. The fraction of sp³-hybridized carbons (Fsp3) is 0.230. The Morgan fingerprint density at radius 3 is 1.39 bits per heavy atom. The van der Waals surface area contributed by atoms with Gasteiger partial charge in [-0.25, -0.2) is 9.59 Å². The van der Waals surface area contributed by atoms with Crippen molar-refractivity contribution in [3.63, 3.8) is 0 Å². The zero-order valence-corrected chi connectivity index (χ0v) is 64.2. The van der Waals surface area contributed by atoms with Crippen molar-refractivity contribution >= 4 is 167 Å². The SMILES string of the molecule is Brc1ccc2ncccc2c1.CCOC(=O)C(F)(F)Br.CCOC(=O)C(F)(F)c1ccc2ncccc2c1.CNC1CCCCC1C.Clc1ccc(Cl)nn1.FC(F)(c1ccc2ncccc2c1)c1nnc2ccc(Cl)nn12.Ic1ccc2ncccc2c1.NCC(=O)C(F)(F)c1ccc2ncccc2c1. The maximum absolute atomic E-state index is 14.9. The van der Waals surface area contributed by atoms with Crippen LogP contribution in [-0.4, -0.2) is 110 Å². The summed E-state index contributed by atoms with van der Waals surface area (Å²) in [4.78, 5) is 49.4. The molecule has 0 aliphatic heterocycles. The zero-order chi connectivity index (χ0) is 77.2. The second kappa shape index (κ2) is 40.3. The molecule has 1 aliphatic carbocycles. The van der Waals surface area contributed by atoms with Crippen molar-refractivity contribution in [2.45, 2.75) is 75.1 Å². The summed E-state index contributed by atoms with van der Waals surface area (Å²) in [6.45, 7) is 4.48. The number of Topliss-reactive ketones (excluding diaryl/α,β-unsaturated/α-hetero) is 1. The number of pyridine rings is 5. The maximum atomic E-state index is 14.9. The van der Waals surface area contributed by atoms with Crippen LogP contribution >= 0.6 is 89.3 Å². The van der Waals surface area contributed by atoms with Gasteiger partial charge in [0.25, 0.3) is 0 Å². The van der Waals surface area contributed by atoms with Gasteiger partial charge in [-0.1, -0.05) is 119 Å². The molecule has 0 spiro atoms. The summed E-state index contributed by atoms with van der Waals surface area (Å²) in [5.74, 6) is -14.6. The summed E-state index contributed by atoms with van der Waals surface area (Å²) >= 11 is 24.1. The largest absolute Gasteiger partial charge is 0.461 e. The number of esters is 2. The predicted octanol–water partition coefficient (Wildman–Crippen LogP) is 19.2. The highest BCUT2D eigenvalue weighted by molar-refractivity contribution is 14.1. The summed E-state index contributed by atoms with van der Waals surface area (Å²) in [6.07, 6.45) is 14.1. The summed E-state index contributed by atoms with van der Waals surface area (Å²) in [5, 5.41) is 26.3. The summed E-state index contributed by atoms with van der Waals surface area (Å²) < 4.78 is 120. The molecule has 18 nitrogen and oxygen atoms in total. The number of carbonyl (C=O) groups is 3. The Labute approximate surface area is 648 Å². The van der Waals surface area contributed by atoms with Crippen molar-refractivity contribution in [2.24, 2.45) is 11.7 Å². The van der Waals surface area contributed by atoms with E-state index in [9.17, 15) is 49.5 Å². The first kappa shape index (κ1) is 84.6. The van der Waals surface area contributed by atoms with Crippen molar-refractivity contribution in [3.8, 4) is 0 Å². The molecule has 0 bridgehead atoms. The smallest absolute Gasteiger partial charge is 0.395 e. The van der Waals surface area contributed by atoms with Crippen LogP contribution in [-0.2, 0) is 41.6 Å². The van der Waals surface area contributed by atoms with Gasteiger partial charge in [-0.15, -0.1) is 20.4 Å². The van der Waals surface area contributed by atoms with Gasteiger partial charge in [0.15, 0.2) is 16.0 Å². The fourth-order valence-electron chi connectivity index (χ4n) is 9.88. The summed E-state index contributed by atoms with van der Waals surface area (Å²) in [5.41, 5.74) is 8.15. The number of nitrogens with two attached hydrogens (primary N) is 1. The lowest BCUT2D eigenvalue weighted by Crippen LogP contribution is -2.34. The molecule has 0 saturated heterocycles. The van der Waals surface area contributed by atoms with Gasteiger partial charge >= 0.3 is 34.5 Å². The van der Waals surface area contributed by atoms with E-state index in [0.717, 1.165) is 32.0 Å². The van der Waals surface area contributed by atoms with E-state index in [0.29, 0.717) is 43.0 Å². The number of nitrogens with one attached hydrogen (secondary N) is 1. The number of nitrogens with zero attached hydrogens (tertiary/aromatic N) is 11. The van der Waals surface area contributed by atoms with Gasteiger partial charge in [-0.05, 0) is 190 Å². The molecule has 3 N–H and O–H groups in total. The lowest BCUT2D eigenvalue weighted by atomic mass is 9.86. The van der Waals surface area contributed by atoms with E-state index < -0.39 is 52.7 Å². The standard InChI is InChI=1S/C15H8ClF2N5.C13H11F2NO2.C12H10F2N2O.C9H6BrN.C9H6IN.C8H17N.C4H5BrF2O2.C4H2Cl2N2/c16-12-5-6-13-20-21-14(23(13)22-12)15(17,18)10-3-4-11-9(8-10)2-1-7-19-11;1-2-18-12(17)13(14,15)10-5-6-11-9(8-10)4-3-7-16-11;13-12(14,11(17)7-15)9-3-4-10-8(6-9)2-1-5-16-10;2*10-8-3-4-9-7(6-8)2-1-5-11-9;1-7-5-3-4-6-8(7)9-2;1-2-9-3(8)4(5,6)7;5-3-1-2-4(6)8-7-3/h1-8H;3-8H,2H2,1H3;1-6H,7,15H2;2*1-6H;7-9H,3-6H2,1-2H3;2H2,1H3;1-2H. The highest BCUT2D eigenvalue weighted by Gasteiger charge is 2.43. The molecule has 14 rings (SSSR count). The molecule has 32 heteroatoms. The average molecular weight is 1760 g/mol. The first-order chi connectivity index (χ1) is 50.5. The number of ketones is 1. The lowest BCUT2D eigenvalue weighted by molar-refractivity contribution is -0.173. The van der Waals surface area contributed by atoms with Crippen LogP contribution in [0.2, 0.25) is 15.5 Å². The molecule has 106 heavy (non-hydrogen) atoms. The lowest BCUT2D eigenvalue weighted by Gasteiger charge is -2.27. The van der Waals surface area contributed by atoms with Crippen molar-refractivity contribution in [1.29, 1.82) is 0 Å². The molecule has 2 unspecified atom stereocenters. The Balaban J connectivity index is 0.000000174. The second-order valence-corrected chi connectivity index (χ2v) is 26.8. The highest BCUT2D eigenvalue weighted by Crippen LogP contribution is 2.37. The number of carbonyl (C=O) groups excluding carboxylic acids is 3. The highest BCUT2D eigenvalue weighted by atomic mass is 127. The molecule has 1 aliphatic rings. The molecule has 1 fully saturated rings. The third-order valence-electron chi connectivity index (χ3n) is 15.2. The first-order valence-corrected chi connectivity index (χ1v) is 35.8. The number of alkyl halides is 9. The molecular formula is C74H65Br2Cl3F8IN13O5. The molecule has 554 valence electrons. The van der Waals surface area contributed by atoms with E-state index in [2.05, 4.69) is 142 Å². The number of rotatable bonds is 11. The van der Waals surface area contributed by atoms with E-state index in [1.54, 1.807) is 79.4 Å². The molecule has 5 aromatic carbocycles. The molecular weight excluding hydrogens is 1700 g/mol. The number of hydrogen-bond donors (Lipinski definition) is 2. The van der Waals surface area contributed by atoms with Gasteiger partial charge in [0.2, 0.25) is 11.6 Å². The quantitative estimate of drug-likeness (QED) is 0.0529. The Kier molecular flexibility index (Phi) is 32.2. The molecule has 13 aromatic rings. The number of fused-ring (bicyclic) bond motifs is 6. The topological polar surface area (TPSA) is 241 Å². The second-order valence-electron chi connectivity index (χ2n) is 22.5. The van der Waals surface area contributed by atoms with Crippen molar-refractivity contribution in [2.75, 3.05) is 26.8 Å². The Morgan fingerprint density at radius 1 is 0.538 bits per heavy atom. The number of aromatic nitrogens is 11. The van der Waals surface area contributed by atoms with Crippen LogP contribution in [0.15, 0.2) is 211 Å². The minimum Gasteiger partial charge on any atom is -0.461 e. The van der Waals surface area contributed by atoms with E-state index >= 15 is 0 Å². The van der Waals surface area contributed by atoms with E-state index in [-0.39, 0.29) is 40.7 Å². The van der Waals surface area contributed by atoms with Gasteiger partial charge in [-0.2, -0.15) is 44.7 Å². The van der Waals surface area contributed by atoms with Crippen LogP contribution in [0.4, 0.5) is 35.1 Å². The van der Waals surface area contributed by atoms with Gasteiger partial charge in [0.1, 0.15) is 5.15 Å². The minimum atomic E-state index is -3.64. The first-order valence-electron chi connectivity index (χ1n) is 32.0. The number of ether oxygens (including phenoxy) is 2. The fourth-order valence-corrected chi connectivity index (χ4v) is 11.2. The van der Waals surface area contributed by atoms with Crippen LogP contribution in [0.5, 0.6) is 0 Å². The Morgan fingerprint density at radius 2 is 0.953 bits per heavy atom. The molecule has 8 heterocycles. The Bertz CT molecular complexity index is 4970. The summed E-state index contributed by atoms with van der Waals surface area (Å²) in [6, 6.07) is 49.3. The third kappa shape index (κ3) is 24.4. The average Bonchev–Trinajstić information content (AvgIpc) is 1.59. The van der Waals surface area contributed by atoms with Gasteiger partial charge in [-0.3, -0.25) is 29.7 Å². The van der Waals surface area contributed by atoms with Crippen LogP contribution < -0.4 is 11.1 Å². The Hall–Kier alpha value is -8.69. The van der Waals surface area contributed by atoms with Gasteiger partial charge < -0.3 is 20.5 Å². The van der Waals surface area contributed by atoms with E-state index in [4.69, 9.17) is 40.5 Å². The third-order valence-corrected chi connectivity index (χ3v) is 17.3.